The molecule has 130 valence electrons. The lowest BCUT2D eigenvalue weighted by atomic mass is 10.1. The molecule has 2 rings (SSSR count). The van der Waals surface area contributed by atoms with Gasteiger partial charge in [0.2, 0.25) is 0 Å². The topological polar surface area (TPSA) is 113 Å². The molecule has 0 spiro atoms. The number of carbonyl (C=O) groups is 1. The second kappa shape index (κ2) is 7.75. The van der Waals surface area contributed by atoms with Gasteiger partial charge in [-0.25, -0.2) is 4.79 Å². The van der Waals surface area contributed by atoms with Gasteiger partial charge in [0.15, 0.2) is 0 Å². The zero-order valence-corrected chi connectivity index (χ0v) is 14.2. The molecule has 2 aromatic carbocycles. The number of hydrogen-bond donors (Lipinski definition) is 0. The summed E-state index contributed by atoms with van der Waals surface area (Å²) in [6.45, 7) is 1.57. The number of thioether (sulfide) groups is 1. The summed E-state index contributed by atoms with van der Waals surface area (Å²) in [4.78, 5) is 33.5. The molecule has 8 nitrogen and oxygen atoms in total. The fourth-order valence-electron chi connectivity index (χ4n) is 2.15. The first kappa shape index (κ1) is 18.4. The van der Waals surface area contributed by atoms with Crippen molar-refractivity contribution in [1.82, 2.24) is 0 Å². The highest BCUT2D eigenvalue weighted by Crippen LogP contribution is 2.29. The molecule has 0 radical (unpaired) electrons. The highest BCUT2D eigenvalue weighted by molar-refractivity contribution is 7.98. The van der Waals surface area contributed by atoms with Crippen molar-refractivity contribution in [2.75, 3.05) is 6.26 Å². The predicted molar refractivity (Wildman–Crippen MR) is 91.8 cm³/mol. The van der Waals surface area contributed by atoms with Crippen LogP contribution in [0.2, 0.25) is 0 Å². The second-order valence-corrected chi connectivity index (χ2v) is 5.89. The largest absolute Gasteiger partial charge is 0.454 e. The quantitative estimate of drug-likeness (QED) is 0.328. The summed E-state index contributed by atoms with van der Waals surface area (Å²) in [5.74, 6) is -0.741. The van der Waals surface area contributed by atoms with E-state index in [9.17, 15) is 25.0 Å². The van der Waals surface area contributed by atoms with E-state index in [2.05, 4.69) is 0 Å². The van der Waals surface area contributed by atoms with Crippen LogP contribution in [-0.4, -0.2) is 22.1 Å². The number of benzene rings is 2. The fraction of sp³-hybridized carbons (Fsp3) is 0.188. The maximum Gasteiger partial charge on any atom is 0.338 e. The molecule has 0 N–H and O–H groups in total. The molecule has 1 atom stereocenters. The summed E-state index contributed by atoms with van der Waals surface area (Å²) in [5.41, 5.74) is 0.213. The van der Waals surface area contributed by atoms with Gasteiger partial charge in [0.1, 0.15) is 6.10 Å². The van der Waals surface area contributed by atoms with Crippen LogP contribution in [0, 0.1) is 20.2 Å². The van der Waals surface area contributed by atoms with Crippen molar-refractivity contribution in [3.05, 3.63) is 73.8 Å². The number of esters is 1. The second-order valence-electron chi connectivity index (χ2n) is 5.04. The molecule has 0 heterocycles. The number of rotatable bonds is 6. The van der Waals surface area contributed by atoms with Crippen molar-refractivity contribution in [2.24, 2.45) is 0 Å². The number of nitro benzene ring substituents is 2. The van der Waals surface area contributed by atoms with Crippen molar-refractivity contribution in [2.45, 2.75) is 17.9 Å². The SMILES string of the molecule is CSc1ccc(C(=O)O[C@H](C)c2cccc([N+](=O)[O-])c2)cc1[N+](=O)[O-]. The minimum absolute atomic E-state index is 0.0433. The van der Waals surface area contributed by atoms with E-state index in [-0.39, 0.29) is 16.9 Å². The molecule has 9 heteroatoms. The van der Waals surface area contributed by atoms with Gasteiger partial charge in [0.05, 0.1) is 20.3 Å². The maximum atomic E-state index is 12.2. The van der Waals surface area contributed by atoms with Gasteiger partial charge in [-0.3, -0.25) is 20.2 Å². The maximum absolute atomic E-state index is 12.2. The summed E-state index contributed by atoms with van der Waals surface area (Å²) >= 11 is 1.20. The van der Waals surface area contributed by atoms with E-state index in [4.69, 9.17) is 4.74 Å². The minimum atomic E-state index is -0.744. The van der Waals surface area contributed by atoms with Gasteiger partial charge >= 0.3 is 5.97 Å². The third-order valence-electron chi connectivity index (χ3n) is 3.45. The standard InChI is InChI=1S/C16H14N2O6S/c1-10(11-4-3-5-13(8-11)17(20)21)24-16(19)12-6-7-15(25-2)14(9-12)18(22)23/h3-10H,1-2H3/t10-/m1/s1. The van der Waals surface area contributed by atoms with Crippen LogP contribution in [0.3, 0.4) is 0 Å². The lowest BCUT2D eigenvalue weighted by Crippen LogP contribution is -2.10. The molecule has 0 amide bonds. The van der Waals surface area contributed by atoms with Crippen LogP contribution in [0.4, 0.5) is 11.4 Å². The van der Waals surface area contributed by atoms with E-state index >= 15 is 0 Å². The third-order valence-corrected chi connectivity index (χ3v) is 4.23. The van der Waals surface area contributed by atoms with Crippen molar-refractivity contribution in [3.63, 3.8) is 0 Å². The molecule has 0 aliphatic heterocycles. The van der Waals surface area contributed by atoms with Crippen LogP contribution in [0.1, 0.15) is 28.9 Å². The van der Waals surface area contributed by atoms with E-state index in [1.54, 1.807) is 19.2 Å². The number of hydrogen-bond acceptors (Lipinski definition) is 7. The number of nitrogens with zero attached hydrogens (tertiary/aromatic N) is 2. The van der Waals surface area contributed by atoms with Gasteiger partial charge in [0, 0.05) is 18.2 Å². The molecular weight excluding hydrogens is 348 g/mol. The Kier molecular flexibility index (Phi) is 5.71. The first-order valence-electron chi connectivity index (χ1n) is 7.11. The monoisotopic (exact) mass is 362 g/mol. The van der Waals surface area contributed by atoms with Crippen LogP contribution < -0.4 is 0 Å². The lowest BCUT2D eigenvalue weighted by molar-refractivity contribution is -0.387. The van der Waals surface area contributed by atoms with Crippen molar-refractivity contribution in [1.29, 1.82) is 0 Å². The first-order valence-corrected chi connectivity index (χ1v) is 8.33. The fourth-order valence-corrected chi connectivity index (χ4v) is 2.69. The highest BCUT2D eigenvalue weighted by Gasteiger charge is 2.20. The van der Waals surface area contributed by atoms with Gasteiger partial charge in [0.25, 0.3) is 11.4 Å². The Balaban J connectivity index is 2.21. The zero-order chi connectivity index (χ0) is 18.6. The summed E-state index contributed by atoms with van der Waals surface area (Å²) in [7, 11) is 0. The van der Waals surface area contributed by atoms with Crippen molar-refractivity contribution in [3.8, 4) is 0 Å². The molecule has 0 aliphatic rings. The lowest BCUT2D eigenvalue weighted by Gasteiger charge is -2.13. The molecular formula is C16H14N2O6S. The predicted octanol–water partition coefficient (Wildman–Crippen LogP) is 4.14. The van der Waals surface area contributed by atoms with Crippen LogP contribution >= 0.6 is 11.8 Å². The Bertz CT molecular complexity index is 839. The summed E-state index contributed by atoms with van der Waals surface area (Å²) in [5, 5.41) is 21.9. The first-order chi connectivity index (χ1) is 11.8. The van der Waals surface area contributed by atoms with E-state index in [1.807, 2.05) is 0 Å². The zero-order valence-electron chi connectivity index (χ0n) is 13.4. The number of nitro groups is 2. The Labute approximate surface area is 147 Å². The van der Waals surface area contributed by atoms with Crippen molar-refractivity contribution >= 4 is 29.1 Å². The van der Waals surface area contributed by atoms with Gasteiger partial charge in [-0.05, 0) is 30.9 Å². The molecule has 0 saturated heterocycles. The van der Waals surface area contributed by atoms with E-state index in [0.29, 0.717) is 10.5 Å². The molecule has 0 bridgehead atoms. The molecule has 25 heavy (non-hydrogen) atoms. The molecule has 2 aromatic rings. The van der Waals surface area contributed by atoms with E-state index in [0.717, 1.165) is 6.07 Å². The third kappa shape index (κ3) is 4.32. The average Bonchev–Trinajstić information content (AvgIpc) is 2.60. The normalized spacial score (nSPS) is 11.6. The molecule has 0 aromatic heterocycles. The van der Waals surface area contributed by atoms with E-state index in [1.165, 1.54) is 42.1 Å². The average molecular weight is 362 g/mol. The number of carbonyl (C=O) groups excluding carboxylic acids is 1. The van der Waals surface area contributed by atoms with Gasteiger partial charge in [-0.2, -0.15) is 0 Å². The van der Waals surface area contributed by atoms with Gasteiger partial charge < -0.3 is 4.74 Å². The summed E-state index contributed by atoms with van der Waals surface area (Å²) in [6.07, 6.45) is 0.955. The molecule has 0 unspecified atom stereocenters. The van der Waals surface area contributed by atoms with Crippen LogP contribution in [0.5, 0.6) is 0 Å². The molecule has 0 aliphatic carbocycles. The number of ether oxygens (including phenoxy) is 1. The minimum Gasteiger partial charge on any atom is -0.454 e. The Morgan fingerprint density at radius 1 is 1.12 bits per heavy atom. The molecule has 0 saturated carbocycles. The summed E-state index contributed by atoms with van der Waals surface area (Å²) < 4.78 is 5.27. The van der Waals surface area contributed by atoms with Crippen molar-refractivity contribution < 1.29 is 19.4 Å². The van der Waals surface area contributed by atoms with E-state index < -0.39 is 21.9 Å². The van der Waals surface area contributed by atoms with Gasteiger partial charge in [-0.1, -0.05) is 12.1 Å². The van der Waals surface area contributed by atoms with Crippen LogP contribution in [-0.2, 0) is 4.74 Å². The van der Waals surface area contributed by atoms with Gasteiger partial charge in [-0.15, -0.1) is 11.8 Å². The number of non-ortho nitro benzene ring substituents is 1. The van der Waals surface area contributed by atoms with Crippen LogP contribution in [0.15, 0.2) is 47.4 Å². The Morgan fingerprint density at radius 2 is 1.84 bits per heavy atom. The summed E-state index contributed by atoms with van der Waals surface area (Å²) in [6, 6.07) is 9.84. The Morgan fingerprint density at radius 3 is 2.44 bits per heavy atom. The van der Waals surface area contributed by atoms with Crippen LogP contribution in [0.25, 0.3) is 0 Å². The Hall–Kier alpha value is -2.94. The molecule has 0 fully saturated rings. The smallest absolute Gasteiger partial charge is 0.338 e. The highest BCUT2D eigenvalue weighted by atomic mass is 32.2.